The molecular formula is C26H28N2O3. The van der Waals surface area contributed by atoms with Gasteiger partial charge in [-0.1, -0.05) is 60.7 Å². The van der Waals surface area contributed by atoms with E-state index in [1.807, 2.05) is 72.8 Å². The first-order valence-corrected chi connectivity index (χ1v) is 10.7. The predicted octanol–water partition coefficient (Wildman–Crippen LogP) is 4.07. The Kier molecular flexibility index (Phi) is 7.32. The van der Waals surface area contributed by atoms with Gasteiger partial charge in [0.2, 0.25) is 0 Å². The van der Waals surface area contributed by atoms with Crippen LogP contribution in [0.25, 0.3) is 0 Å². The Bertz CT molecular complexity index is 939. The number of benzene rings is 3. The molecule has 0 saturated carbocycles. The Morgan fingerprint density at radius 3 is 2.23 bits per heavy atom. The lowest BCUT2D eigenvalue weighted by Crippen LogP contribution is -2.43. The van der Waals surface area contributed by atoms with E-state index in [9.17, 15) is 4.79 Å². The number of nitrogens with one attached hydrogen (secondary N) is 1. The minimum Gasteiger partial charge on any atom is -0.489 e. The number of carbonyl (C=O) groups excluding carboxylic acids is 1. The van der Waals surface area contributed by atoms with Crippen molar-refractivity contribution in [2.24, 2.45) is 0 Å². The van der Waals surface area contributed by atoms with E-state index in [4.69, 9.17) is 9.47 Å². The lowest BCUT2D eigenvalue weighted by atomic mass is 10.1. The second kappa shape index (κ2) is 10.8. The van der Waals surface area contributed by atoms with Crippen molar-refractivity contribution in [1.82, 2.24) is 10.2 Å². The molecule has 3 aromatic rings. The van der Waals surface area contributed by atoms with E-state index in [2.05, 4.69) is 22.3 Å². The number of nitrogens with zero attached hydrogens (tertiary/aromatic N) is 1. The summed E-state index contributed by atoms with van der Waals surface area (Å²) < 4.78 is 11.3. The van der Waals surface area contributed by atoms with E-state index >= 15 is 0 Å². The Morgan fingerprint density at radius 1 is 0.903 bits per heavy atom. The van der Waals surface area contributed by atoms with Gasteiger partial charge in [-0.05, 0) is 35.4 Å². The normalized spacial score (nSPS) is 15.2. The standard InChI is InChI=1S/C26H28N2O3/c29-26(23-11-13-24(14-12-23)31-20-21-7-3-1-4-8-21)27-25(22-9-5-2-6-10-22)19-28-15-17-30-18-16-28/h1-14,25H,15-20H2,(H,27,29). The van der Waals surface area contributed by atoms with Gasteiger partial charge in [-0.15, -0.1) is 0 Å². The van der Waals surface area contributed by atoms with E-state index in [1.165, 1.54) is 0 Å². The number of hydrogen-bond acceptors (Lipinski definition) is 4. The van der Waals surface area contributed by atoms with Gasteiger partial charge in [0.25, 0.3) is 5.91 Å². The van der Waals surface area contributed by atoms with Crippen molar-refractivity contribution in [2.75, 3.05) is 32.8 Å². The second-order valence-corrected chi connectivity index (χ2v) is 7.65. The molecule has 5 heteroatoms. The van der Waals surface area contributed by atoms with Gasteiger partial charge in [0.05, 0.1) is 19.3 Å². The highest BCUT2D eigenvalue weighted by molar-refractivity contribution is 5.94. The van der Waals surface area contributed by atoms with Crippen LogP contribution in [0.2, 0.25) is 0 Å². The largest absolute Gasteiger partial charge is 0.489 e. The molecule has 1 aliphatic rings. The van der Waals surface area contributed by atoms with Crippen LogP contribution in [0.3, 0.4) is 0 Å². The summed E-state index contributed by atoms with van der Waals surface area (Å²) in [5, 5.41) is 3.21. The zero-order valence-corrected chi connectivity index (χ0v) is 17.6. The highest BCUT2D eigenvalue weighted by atomic mass is 16.5. The van der Waals surface area contributed by atoms with Gasteiger partial charge in [0.1, 0.15) is 12.4 Å². The van der Waals surface area contributed by atoms with Crippen LogP contribution in [0, 0.1) is 0 Å². The lowest BCUT2D eigenvalue weighted by molar-refractivity contribution is 0.0332. The van der Waals surface area contributed by atoms with Crippen LogP contribution in [0.1, 0.15) is 27.5 Å². The fourth-order valence-corrected chi connectivity index (χ4v) is 3.65. The molecule has 1 atom stereocenters. The minimum absolute atomic E-state index is 0.0826. The van der Waals surface area contributed by atoms with Gasteiger partial charge in [0.15, 0.2) is 0 Å². The SMILES string of the molecule is O=C(NC(CN1CCOCC1)c1ccccc1)c1ccc(OCc2ccccc2)cc1. The molecule has 0 aliphatic carbocycles. The molecule has 1 N–H and O–H groups in total. The summed E-state index contributed by atoms with van der Waals surface area (Å²) in [4.78, 5) is 15.3. The summed E-state index contributed by atoms with van der Waals surface area (Å²) in [5.41, 5.74) is 2.83. The maximum atomic E-state index is 13.0. The first-order valence-electron chi connectivity index (χ1n) is 10.7. The number of hydrogen-bond donors (Lipinski definition) is 1. The number of morpholine rings is 1. The van der Waals surface area contributed by atoms with Gasteiger partial charge >= 0.3 is 0 Å². The summed E-state index contributed by atoms with van der Waals surface area (Å²) in [7, 11) is 0. The smallest absolute Gasteiger partial charge is 0.251 e. The van der Waals surface area contributed by atoms with Crippen LogP contribution in [-0.4, -0.2) is 43.7 Å². The minimum atomic E-state index is -0.0864. The molecule has 31 heavy (non-hydrogen) atoms. The quantitative estimate of drug-likeness (QED) is 0.602. The lowest BCUT2D eigenvalue weighted by Gasteiger charge is -2.31. The first-order chi connectivity index (χ1) is 15.3. The van der Waals surface area contributed by atoms with Crippen LogP contribution in [0.5, 0.6) is 5.75 Å². The van der Waals surface area contributed by atoms with Crippen molar-refractivity contribution in [3.63, 3.8) is 0 Å². The third-order valence-corrected chi connectivity index (χ3v) is 5.42. The number of rotatable bonds is 8. The highest BCUT2D eigenvalue weighted by Crippen LogP contribution is 2.18. The van der Waals surface area contributed by atoms with E-state index in [1.54, 1.807) is 0 Å². The van der Waals surface area contributed by atoms with Gasteiger partial charge in [0, 0.05) is 25.2 Å². The number of carbonyl (C=O) groups is 1. The maximum Gasteiger partial charge on any atom is 0.251 e. The molecule has 0 radical (unpaired) electrons. The monoisotopic (exact) mass is 416 g/mol. The molecule has 1 unspecified atom stereocenters. The summed E-state index contributed by atoms with van der Waals surface area (Å²) in [5.74, 6) is 0.657. The summed E-state index contributed by atoms with van der Waals surface area (Å²) in [6.07, 6.45) is 0. The van der Waals surface area contributed by atoms with E-state index < -0.39 is 0 Å². The van der Waals surface area contributed by atoms with Crippen molar-refractivity contribution >= 4 is 5.91 Å². The molecule has 160 valence electrons. The topological polar surface area (TPSA) is 50.8 Å². The fourth-order valence-electron chi connectivity index (χ4n) is 3.65. The van der Waals surface area contributed by atoms with Crippen molar-refractivity contribution in [1.29, 1.82) is 0 Å². The molecular weight excluding hydrogens is 388 g/mol. The van der Waals surface area contributed by atoms with Crippen molar-refractivity contribution < 1.29 is 14.3 Å². The Labute approximate surface area is 183 Å². The third kappa shape index (κ3) is 6.17. The summed E-state index contributed by atoms with van der Waals surface area (Å²) in [6, 6.07) is 27.4. The molecule has 1 aliphatic heterocycles. The average molecular weight is 417 g/mol. The number of amides is 1. The zero-order chi connectivity index (χ0) is 21.3. The van der Waals surface area contributed by atoms with Crippen LogP contribution in [0.15, 0.2) is 84.9 Å². The van der Waals surface area contributed by atoms with Crippen molar-refractivity contribution in [3.8, 4) is 5.75 Å². The second-order valence-electron chi connectivity index (χ2n) is 7.65. The zero-order valence-electron chi connectivity index (χ0n) is 17.6. The van der Waals surface area contributed by atoms with Gasteiger partial charge in [-0.25, -0.2) is 0 Å². The molecule has 4 rings (SSSR count). The molecule has 1 amide bonds. The first kappa shape index (κ1) is 21.1. The molecule has 1 saturated heterocycles. The molecule has 0 aromatic heterocycles. The molecule has 1 fully saturated rings. The molecule has 3 aromatic carbocycles. The summed E-state index contributed by atoms with van der Waals surface area (Å²) in [6.45, 7) is 4.50. The Morgan fingerprint density at radius 2 is 1.55 bits per heavy atom. The molecule has 5 nitrogen and oxygen atoms in total. The highest BCUT2D eigenvalue weighted by Gasteiger charge is 2.20. The van der Waals surface area contributed by atoms with Crippen LogP contribution in [-0.2, 0) is 11.3 Å². The Balaban J connectivity index is 1.39. The van der Waals surface area contributed by atoms with Gasteiger partial charge in [-0.2, -0.15) is 0 Å². The predicted molar refractivity (Wildman–Crippen MR) is 121 cm³/mol. The van der Waals surface area contributed by atoms with Gasteiger partial charge < -0.3 is 14.8 Å². The Hall–Kier alpha value is -3.15. The van der Waals surface area contributed by atoms with Crippen LogP contribution >= 0.6 is 0 Å². The number of ether oxygens (including phenoxy) is 2. The van der Waals surface area contributed by atoms with Crippen molar-refractivity contribution in [2.45, 2.75) is 12.6 Å². The third-order valence-electron chi connectivity index (χ3n) is 5.42. The molecule has 1 heterocycles. The van der Waals surface area contributed by atoms with Crippen LogP contribution < -0.4 is 10.1 Å². The fraction of sp³-hybridized carbons (Fsp3) is 0.269. The van der Waals surface area contributed by atoms with E-state index in [-0.39, 0.29) is 11.9 Å². The average Bonchev–Trinajstić information content (AvgIpc) is 2.84. The van der Waals surface area contributed by atoms with Crippen LogP contribution in [0.4, 0.5) is 0 Å². The molecule has 0 bridgehead atoms. The summed E-state index contributed by atoms with van der Waals surface area (Å²) >= 11 is 0. The van der Waals surface area contributed by atoms with E-state index in [0.717, 1.165) is 49.7 Å². The van der Waals surface area contributed by atoms with E-state index in [0.29, 0.717) is 12.2 Å². The maximum absolute atomic E-state index is 13.0. The van der Waals surface area contributed by atoms with Gasteiger partial charge in [-0.3, -0.25) is 9.69 Å². The van der Waals surface area contributed by atoms with Crippen molar-refractivity contribution in [3.05, 3.63) is 102 Å². The molecule has 0 spiro atoms.